The van der Waals surface area contributed by atoms with Gasteiger partial charge in [-0.3, -0.25) is 4.79 Å². The standard InChI is InChI=1S/C16H16N4O2/c1-11-15(12(2)22-19-11)16(21)18-9-13-5-3-4-6-14(13)20-8-7-17-10-20/h3-8,10H,9H2,1-2H3,(H,18,21). The van der Waals surface area contributed by atoms with Crippen LogP contribution in [0.25, 0.3) is 5.69 Å². The number of carbonyl (C=O) groups excluding carboxylic acids is 1. The van der Waals surface area contributed by atoms with Crippen molar-refractivity contribution in [1.29, 1.82) is 0 Å². The van der Waals surface area contributed by atoms with E-state index in [1.807, 2.05) is 35.0 Å². The average molecular weight is 296 g/mol. The Bertz CT molecular complexity index is 771. The third kappa shape index (κ3) is 2.63. The van der Waals surface area contributed by atoms with Crippen molar-refractivity contribution in [2.75, 3.05) is 0 Å². The fourth-order valence-electron chi connectivity index (χ4n) is 2.38. The van der Waals surface area contributed by atoms with Gasteiger partial charge in [0.15, 0.2) is 0 Å². The summed E-state index contributed by atoms with van der Waals surface area (Å²) in [4.78, 5) is 16.3. The van der Waals surface area contributed by atoms with Crippen LogP contribution in [-0.2, 0) is 6.54 Å². The van der Waals surface area contributed by atoms with Crippen LogP contribution in [0.4, 0.5) is 0 Å². The first kappa shape index (κ1) is 14.1. The summed E-state index contributed by atoms with van der Waals surface area (Å²) in [5, 5.41) is 6.71. The smallest absolute Gasteiger partial charge is 0.257 e. The van der Waals surface area contributed by atoms with Crippen molar-refractivity contribution in [3.8, 4) is 5.69 Å². The normalized spacial score (nSPS) is 10.6. The maximum atomic E-state index is 12.3. The Kier molecular flexibility index (Phi) is 3.74. The zero-order valence-corrected chi connectivity index (χ0v) is 12.4. The molecule has 0 unspecified atom stereocenters. The van der Waals surface area contributed by atoms with E-state index in [0.29, 0.717) is 23.6 Å². The highest BCUT2D eigenvalue weighted by Gasteiger charge is 2.17. The Labute approximate surface area is 127 Å². The van der Waals surface area contributed by atoms with Gasteiger partial charge in [0.25, 0.3) is 5.91 Å². The Morgan fingerprint density at radius 1 is 1.32 bits per heavy atom. The van der Waals surface area contributed by atoms with E-state index < -0.39 is 0 Å². The Morgan fingerprint density at radius 2 is 2.14 bits per heavy atom. The molecule has 0 saturated heterocycles. The second kappa shape index (κ2) is 5.85. The van der Waals surface area contributed by atoms with E-state index >= 15 is 0 Å². The molecule has 0 aliphatic heterocycles. The van der Waals surface area contributed by atoms with Crippen LogP contribution in [0, 0.1) is 13.8 Å². The molecular weight excluding hydrogens is 280 g/mol. The van der Waals surface area contributed by atoms with Gasteiger partial charge in [0.2, 0.25) is 0 Å². The molecule has 2 heterocycles. The molecule has 2 aromatic heterocycles. The highest BCUT2D eigenvalue weighted by atomic mass is 16.5. The molecule has 6 nitrogen and oxygen atoms in total. The minimum atomic E-state index is -0.184. The van der Waals surface area contributed by atoms with Crippen molar-refractivity contribution in [2.45, 2.75) is 20.4 Å². The van der Waals surface area contributed by atoms with Crippen LogP contribution in [0.1, 0.15) is 27.4 Å². The van der Waals surface area contributed by atoms with E-state index in [1.165, 1.54) is 0 Å². The summed E-state index contributed by atoms with van der Waals surface area (Å²) >= 11 is 0. The second-order valence-corrected chi connectivity index (χ2v) is 4.98. The number of hydrogen-bond donors (Lipinski definition) is 1. The summed E-state index contributed by atoms with van der Waals surface area (Å²) in [6.45, 7) is 3.90. The van der Waals surface area contributed by atoms with E-state index in [4.69, 9.17) is 4.52 Å². The summed E-state index contributed by atoms with van der Waals surface area (Å²) in [7, 11) is 0. The average Bonchev–Trinajstić information content (AvgIpc) is 3.15. The summed E-state index contributed by atoms with van der Waals surface area (Å²) in [5.74, 6) is 0.342. The number of nitrogens with zero attached hydrogens (tertiary/aromatic N) is 3. The highest BCUT2D eigenvalue weighted by Crippen LogP contribution is 2.15. The Morgan fingerprint density at radius 3 is 2.82 bits per heavy atom. The van der Waals surface area contributed by atoms with Gasteiger partial charge >= 0.3 is 0 Å². The van der Waals surface area contributed by atoms with Crippen molar-refractivity contribution in [3.05, 3.63) is 65.6 Å². The molecule has 0 atom stereocenters. The Balaban J connectivity index is 1.79. The third-order valence-electron chi connectivity index (χ3n) is 3.47. The lowest BCUT2D eigenvalue weighted by Gasteiger charge is -2.11. The number of benzene rings is 1. The van der Waals surface area contributed by atoms with Gasteiger partial charge in [-0.05, 0) is 25.5 Å². The van der Waals surface area contributed by atoms with Gasteiger partial charge in [-0.15, -0.1) is 0 Å². The van der Waals surface area contributed by atoms with Gasteiger partial charge < -0.3 is 14.4 Å². The zero-order valence-electron chi connectivity index (χ0n) is 12.4. The number of aryl methyl sites for hydroxylation is 2. The maximum absolute atomic E-state index is 12.3. The Hall–Kier alpha value is -2.89. The molecule has 1 aromatic carbocycles. The van der Waals surface area contributed by atoms with Crippen molar-refractivity contribution in [2.24, 2.45) is 0 Å². The summed E-state index contributed by atoms with van der Waals surface area (Å²) in [5.41, 5.74) is 3.08. The summed E-state index contributed by atoms with van der Waals surface area (Å²) in [6.07, 6.45) is 5.32. The lowest BCUT2D eigenvalue weighted by atomic mass is 10.1. The van der Waals surface area contributed by atoms with E-state index in [1.54, 1.807) is 26.4 Å². The molecule has 1 amide bonds. The third-order valence-corrected chi connectivity index (χ3v) is 3.47. The SMILES string of the molecule is Cc1noc(C)c1C(=O)NCc1ccccc1-n1ccnc1. The predicted molar refractivity (Wildman–Crippen MR) is 80.7 cm³/mol. The van der Waals surface area contributed by atoms with Crippen molar-refractivity contribution >= 4 is 5.91 Å². The van der Waals surface area contributed by atoms with E-state index in [2.05, 4.69) is 15.5 Å². The number of para-hydroxylation sites is 1. The van der Waals surface area contributed by atoms with Gasteiger partial charge in [0.05, 0.1) is 17.7 Å². The van der Waals surface area contributed by atoms with Crippen molar-refractivity contribution < 1.29 is 9.32 Å². The maximum Gasteiger partial charge on any atom is 0.257 e. The van der Waals surface area contributed by atoms with Crippen LogP contribution in [0.2, 0.25) is 0 Å². The zero-order chi connectivity index (χ0) is 15.5. The lowest BCUT2D eigenvalue weighted by Crippen LogP contribution is -2.24. The molecule has 0 bridgehead atoms. The van der Waals surface area contributed by atoms with Crippen LogP contribution in [-0.4, -0.2) is 20.6 Å². The minimum absolute atomic E-state index is 0.184. The monoisotopic (exact) mass is 296 g/mol. The number of rotatable bonds is 4. The first-order chi connectivity index (χ1) is 10.7. The molecular formula is C16H16N4O2. The van der Waals surface area contributed by atoms with Crippen LogP contribution in [0.15, 0.2) is 47.5 Å². The fourth-order valence-corrected chi connectivity index (χ4v) is 2.38. The first-order valence-corrected chi connectivity index (χ1v) is 6.94. The number of aromatic nitrogens is 3. The molecule has 0 saturated carbocycles. The molecule has 0 spiro atoms. The molecule has 0 radical (unpaired) electrons. The topological polar surface area (TPSA) is 73.0 Å². The quantitative estimate of drug-likeness (QED) is 0.802. The molecule has 1 N–H and O–H groups in total. The number of hydrogen-bond acceptors (Lipinski definition) is 4. The number of amides is 1. The fraction of sp³-hybridized carbons (Fsp3) is 0.188. The van der Waals surface area contributed by atoms with E-state index in [-0.39, 0.29) is 5.91 Å². The molecule has 0 fully saturated rings. The molecule has 22 heavy (non-hydrogen) atoms. The highest BCUT2D eigenvalue weighted by molar-refractivity contribution is 5.96. The van der Waals surface area contributed by atoms with E-state index in [9.17, 15) is 4.79 Å². The van der Waals surface area contributed by atoms with Gasteiger partial charge in [0.1, 0.15) is 11.3 Å². The molecule has 0 aliphatic rings. The van der Waals surface area contributed by atoms with Crippen LogP contribution in [0.3, 0.4) is 0 Å². The van der Waals surface area contributed by atoms with Crippen LogP contribution < -0.4 is 5.32 Å². The molecule has 6 heteroatoms. The van der Waals surface area contributed by atoms with Gasteiger partial charge in [-0.2, -0.15) is 0 Å². The van der Waals surface area contributed by atoms with E-state index in [0.717, 1.165) is 11.3 Å². The number of imidazole rings is 1. The summed E-state index contributed by atoms with van der Waals surface area (Å²) < 4.78 is 6.94. The van der Waals surface area contributed by atoms with Gasteiger partial charge in [0, 0.05) is 18.9 Å². The van der Waals surface area contributed by atoms with Crippen LogP contribution >= 0.6 is 0 Å². The first-order valence-electron chi connectivity index (χ1n) is 6.94. The molecule has 3 rings (SSSR count). The summed E-state index contributed by atoms with van der Waals surface area (Å²) in [6, 6.07) is 7.86. The van der Waals surface area contributed by atoms with Crippen LogP contribution in [0.5, 0.6) is 0 Å². The second-order valence-electron chi connectivity index (χ2n) is 4.98. The largest absolute Gasteiger partial charge is 0.361 e. The number of nitrogens with one attached hydrogen (secondary N) is 1. The molecule has 3 aromatic rings. The van der Waals surface area contributed by atoms with Crippen molar-refractivity contribution in [3.63, 3.8) is 0 Å². The van der Waals surface area contributed by atoms with Gasteiger partial charge in [-0.25, -0.2) is 4.98 Å². The molecule has 112 valence electrons. The molecule has 0 aliphatic carbocycles. The number of carbonyl (C=O) groups is 1. The minimum Gasteiger partial charge on any atom is -0.361 e. The lowest BCUT2D eigenvalue weighted by molar-refractivity contribution is 0.0949. The van der Waals surface area contributed by atoms with Gasteiger partial charge in [-0.1, -0.05) is 23.4 Å². The predicted octanol–water partition coefficient (Wildman–Crippen LogP) is 2.41. The van der Waals surface area contributed by atoms with Crippen molar-refractivity contribution in [1.82, 2.24) is 20.0 Å².